The molecule has 1 saturated heterocycles. The second kappa shape index (κ2) is 9.60. The molecule has 0 spiro atoms. The largest absolute Gasteiger partial charge is 0.497 e. The molecule has 196 valence electrons. The third kappa shape index (κ3) is 4.39. The molecule has 4 atom stereocenters. The summed E-state index contributed by atoms with van der Waals surface area (Å²) in [6.45, 7) is -0.268. The van der Waals surface area contributed by atoms with Crippen LogP contribution in [0, 0.1) is 11.8 Å². The maximum Gasteiger partial charge on any atom is 0.329 e. The molecule has 1 aromatic rings. The topological polar surface area (TPSA) is 93.3 Å². The predicted molar refractivity (Wildman–Crippen MR) is 111 cm³/mol. The maximum atomic E-state index is 15.7. The summed E-state index contributed by atoms with van der Waals surface area (Å²) in [6, 6.07) is -3.55. The van der Waals surface area contributed by atoms with Crippen LogP contribution in [-0.2, 0) is 4.74 Å². The fraction of sp³-hybridized carbons (Fsp3) is 0.714. The van der Waals surface area contributed by atoms with E-state index < -0.39 is 77.5 Å². The minimum atomic E-state index is -3.39. The van der Waals surface area contributed by atoms with E-state index in [9.17, 15) is 35.9 Å². The van der Waals surface area contributed by atoms with Gasteiger partial charge in [0.05, 0.1) is 23.6 Å². The Balaban J connectivity index is 1.83. The Labute approximate surface area is 194 Å². The Hall–Kier alpha value is -2.35. The van der Waals surface area contributed by atoms with Crippen LogP contribution >= 0.6 is 0 Å². The molecule has 4 unspecified atom stereocenters. The number of H-pyrrole nitrogens is 1. The van der Waals surface area contributed by atoms with E-state index in [2.05, 4.69) is 0 Å². The number of nitrogens with two attached hydrogens (primary N) is 1. The van der Waals surface area contributed by atoms with Crippen LogP contribution in [0.25, 0.3) is 11.3 Å². The molecule has 0 amide bonds. The van der Waals surface area contributed by atoms with Gasteiger partial charge in [-0.15, -0.1) is 0 Å². The third-order valence-electron chi connectivity index (χ3n) is 7.10. The van der Waals surface area contributed by atoms with Crippen molar-refractivity contribution < 1.29 is 35.5 Å². The Bertz CT molecular complexity index is 1190. The van der Waals surface area contributed by atoms with Gasteiger partial charge in [0.25, 0.3) is 12.0 Å². The van der Waals surface area contributed by atoms with Crippen molar-refractivity contribution >= 4 is 11.3 Å². The van der Waals surface area contributed by atoms with Crippen molar-refractivity contribution in [3.05, 3.63) is 31.4 Å². The highest BCUT2D eigenvalue weighted by Crippen LogP contribution is 2.36. The van der Waals surface area contributed by atoms with Crippen LogP contribution in [0.5, 0.6) is 0 Å². The molecule has 7 nitrogen and oxygen atoms in total. The molecule has 3 aliphatic rings. The monoisotopic (exact) mass is 514 g/mol. The first-order valence-corrected chi connectivity index (χ1v) is 11.1. The van der Waals surface area contributed by atoms with Gasteiger partial charge in [0.15, 0.2) is 6.17 Å². The summed E-state index contributed by atoms with van der Waals surface area (Å²) in [5.74, 6) is -3.53. The number of fused-ring (bicyclic) bond motifs is 1. The normalized spacial score (nSPS) is 26.4. The summed E-state index contributed by atoms with van der Waals surface area (Å²) in [6.07, 6.45) is -11.5. The molecule has 0 radical (unpaired) electrons. The Kier molecular flexibility index (Phi) is 7.06. The zero-order valence-corrected chi connectivity index (χ0v) is 18.6. The van der Waals surface area contributed by atoms with Gasteiger partial charge in [0.1, 0.15) is 11.8 Å². The lowest BCUT2D eigenvalue weighted by molar-refractivity contribution is -0.0473. The van der Waals surface area contributed by atoms with Crippen molar-refractivity contribution in [2.24, 2.45) is 17.6 Å². The van der Waals surface area contributed by atoms with Gasteiger partial charge >= 0.3 is 5.69 Å². The molecular formula is C21H25F7N4O3. The number of hydrogen-bond donors (Lipinski definition) is 2. The van der Waals surface area contributed by atoms with E-state index in [1.54, 1.807) is 0 Å². The highest BCUT2D eigenvalue weighted by Gasteiger charge is 2.48. The molecule has 1 aliphatic heterocycles. The minimum Gasteiger partial charge on any atom is -0.497 e. The lowest BCUT2D eigenvalue weighted by Crippen LogP contribution is -2.63. The van der Waals surface area contributed by atoms with Gasteiger partial charge in [-0.25, -0.2) is 35.5 Å². The van der Waals surface area contributed by atoms with Gasteiger partial charge in [-0.2, -0.15) is 0 Å². The molecule has 2 aliphatic carbocycles. The Morgan fingerprint density at radius 3 is 2.20 bits per heavy atom. The van der Waals surface area contributed by atoms with Crippen molar-refractivity contribution in [2.75, 3.05) is 20.2 Å². The second-order valence-electron chi connectivity index (χ2n) is 9.12. The van der Waals surface area contributed by atoms with Crippen molar-refractivity contribution in [3.8, 4) is 0 Å². The minimum absolute atomic E-state index is 0.0296. The van der Waals surface area contributed by atoms with E-state index in [4.69, 9.17) is 10.5 Å². The average Bonchev–Trinajstić information content (AvgIpc) is 3.47. The van der Waals surface area contributed by atoms with E-state index in [1.807, 2.05) is 4.98 Å². The van der Waals surface area contributed by atoms with Gasteiger partial charge in [0, 0.05) is 24.2 Å². The van der Waals surface area contributed by atoms with Gasteiger partial charge in [-0.3, -0.25) is 19.2 Å². The predicted octanol–water partition coefficient (Wildman–Crippen LogP) is 0.558. The van der Waals surface area contributed by atoms with Crippen LogP contribution in [0.1, 0.15) is 25.3 Å². The number of nitrogens with one attached hydrogen (secondary N) is 1. The van der Waals surface area contributed by atoms with Crippen LogP contribution in [0.2, 0.25) is 0 Å². The maximum absolute atomic E-state index is 15.7. The first-order valence-electron chi connectivity index (χ1n) is 11.1. The van der Waals surface area contributed by atoms with Crippen LogP contribution in [0.4, 0.5) is 30.7 Å². The number of halogens is 7. The lowest BCUT2D eigenvalue weighted by atomic mass is 9.88. The van der Waals surface area contributed by atoms with E-state index in [0.29, 0.717) is 12.8 Å². The zero-order chi connectivity index (χ0) is 25.8. The zero-order valence-electron chi connectivity index (χ0n) is 18.6. The van der Waals surface area contributed by atoms with Gasteiger partial charge in [0.2, 0.25) is 12.9 Å². The number of aromatic nitrogens is 2. The van der Waals surface area contributed by atoms with Crippen molar-refractivity contribution in [2.45, 2.75) is 62.8 Å². The number of nitrogens with zero attached hydrogens (tertiary/aromatic N) is 2. The molecule has 1 saturated carbocycles. The number of hydrogen-bond acceptors (Lipinski definition) is 5. The first kappa shape index (κ1) is 25.7. The highest BCUT2D eigenvalue weighted by molar-refractivity contribution is 5.63. The Morgan fingerprint density at radius 1 is 1.06 bits per heavy atom. The molecule has 0 bridgehead atoms. The van der Waals surface area contributed by atoms with E-state index in [0.717, 1.165) is 11.7 Å². The average molecular weight is 514 g/mol. The van der Waals surface area contributed by atoms with Gasteiger partial charge < -0.3 is 10.5 Å². The van der Waals surface area contributed by atoms with Gasteiger partial charge in [-0.05, 0) is 31.7 Å². The van der Waals surface area contributed by atoms with Crippen molar-refractivity contribution in [1.82, 2.24) is 14.5 Å². The summed E-state index contributed by atoms with van der Waals surface area (Å²) in [5.41, 5.74) is 2.60. The number of aromatic amines is 1. The molecule has 35 heavy (non-hydrogen) atoms. The van der Waals surface area contributed by atoms with Crippen LogP contribution < -0.4 is 27.6 Å². The number of alkyl halides is 7. The third-order valence-corrected chi connectivity index (χ3v) is 7.10. The van der Waals surface area contributed by atoms with Crippen molar-refractivity contribution in [3.63, 3.8) is 0 Å². The SMILES string of the molecule is COC1=c2c(c(=O)[nH]c(=O)n2C2CC2)=C(C(F)F)C(F)C1N1CCC(C(N)C(C(F)F)C(F)F)C1. The molecule has 2 fully saturated rings. The van der Waals surface area contributed by atoms with Crippen LogP contribution in [-0.4, -0.2) is 72.2 Å². The second-order valence-corrected chi connectivity index (χ2v) is 9.12. The number of methoxy groups -OCH3 is 1. The summed E-state index contributed by atoms with van der Waals surface area (Å²) in [7, 11) is 1.14. The van der Waals surface area contributed by atoms with Crippen LogP contribution in [0.15, 0.2) is 9.59 Å². The number of rotatable bonds is 8. The highest BCUT2D eigenvalue weighted by atomic mass is 19.3. The van der Waals surface area contributed by atoms with Crippen molar-refractivity contribution in [1.29, 1.82) is 0 Å². The lowest BCUT2D eigenvalue weighted by Gasteiger charge is -2.35. The standard InChI is InChI=1S/C21H25F7N4O3/c1-35-16-14-10(20(33)30-21(34)32(14)8-2-3-8)9(17(23)24)12(22)15(16)31-5-4-7(6-31)13(29)11(18(25)26)19(27)28/h7-8,11-13,15,17-19H,2-6,29H2,1H3,(H,30,33,34). The molecule has 4 rings (SSSR count). The fourth-order valence-corrected chi connectivity index (χ4v) is 5.26. The van der Waals surface area contributed by atoms with E-state index in [-0.39, 0.29) is 30.6 Å². The van der Waals surface area contributed by atoms with E-state index >= 15 is 4.39 Å². The Morgan fingerprint density at radius 2 is 1.69 bits per heavy atom. The summed E-state index contributed by atoms with van der Waals surface area (Å²) in [4.78, 5) is 28.4. The quantitative estimate of drug-likeness (QED) is 0.495. The molecule has 2 heterocycles. The molecule has 0 aromatic carbocycles. The van der Waals surface area contributed by atoms with E-state index in [1.165, 1.54) is 4.90 Å². The summed E-state index contributed by atoms with van der Waals surface area (Å²) >= 11 is 0. The smallest absolute Gasteiger partial charge is 0.329 e. The molecule has 14 heteroatoms. The fourth-order valence-electron chi connectivity index (χ4n) is 5.26. The summed E-state index contributed by atoms with van der Waals surface area (Å²) < 4.78 is 103. The van der Waals surface area contributed by atoms with Crippen LogP contribution in [0.3, 0.4) is 0 Å². The number of ether oxygens (including phenoxy) is 1. The summed E-state index contributed by atoms with van der Waals surface area (Å²) in [5, 5.41) is -0.918. The number of likely N-dealkylation sites (tertiary alicyclic amines) is 1. The molecule has 3 N–H and O–H groups in total. The molecular weight excluding hydrogens is 489 g/mol. The first-order chi connectivity index (χ1) is 16.5. The molecule has 1 aromatic heterocycles. The van der Waals surface area contributed by atoms with Gasteiger partial charge in [-0.1, -0.05) is 0 Å².